The molecule has 6 heteroatoms. The van der Waals surface area contributed by atoms with E-state index in [9.17, 15) is 14.4 Å². The molecule has 0 unspecified atom stereocenters. The fourth-order valence-electron chi connectivity index (χ4n) is 2.02. The number of aromatic nitrogens is 1. The number of fused-ring (bicyclic) bond motifs is 1. The molecule has 0 aliphatic heterocycles. The number of nitrogens with one attached hydrogen (secondary N) is 2. The maximum atomic E-state index is 12.0. The SMILES string of the molecule is O=C(CCC(=O)c1ccc2[nH]c(=O)oc2c1)NC1CC1. The van der Waals surface area contributed by atoms with Crippen molar-refractivity contribution in [3.05, 3.63) is 34.3 Å². The summed E-state index contributed by atoms with van der Waals surface area (Å²) in [5, 5.41) is 2.84. The van der Waals surface area contributed by atoms with Crippen LogP contribution in [0.2, 0.25) is 0 Å². The number of ketones is 1. The number of aromatic amines is 1. The third kappa shape index (κ3) is 2.79. The summed E-state index contributed by atoms with van der Waals surface area (Å²) in [7, 11) is 0. The highest BCUT2D eigenvalue weighted by Crippen LogP contribution is 2.19. The zero-order chi connectivity index (χ0) is 14.1. The van der Waals surface area contributed by atoms with E-state index < -0.39 is 5.76 Å². The largest absolute Gasteiger partial charge is 0.417 e. The maximum Gasteiger partial charge on any atom is 0.417 e. The van der Waals surface area contributed by atoms with Gasteiger partial charge in [-0.2, -0.15) is 0 Å². The minimum atomic E-state index is -0.548. The van der Waals surface area contributed by atoms with Gasteiger partial charge in [0.2, 0.25) is 5.91 Å². The number of H-pyrrole nitrogens is 1. The first-order valence-corrected chi connectivity index (χ1v) is 6.57. The highest BCUT2D eigenvalue weighted by Gasteiger charge is 2.23. The van der Waals surface area contributed by atoms with E-state index in [-0.39, 0.29) is 24.5 Å². The van der Waals surface area contributed by atoms with Gasteiger partial charge in [-0.1, -0.05) is 0 Å². The number of carbonyl (C=O) groups excluding carboxylic acids is 2. The highest BCUT2D eigenvalue weighted by molar-refractivity contribution is 6.00. The number of hydrogen-bond acceptors (Lipinski definition) is 4. The zero-order valence-electron chi connectivity index (χ0n) is 10.8. The van der Waals surface area contributed by atoms with Gasteiger partial charge in [0, 0.05) is 24.4 Å². The molecule has 0 saturated heterocycles. The summed E-state index contributed by atoms with van der Waals surface area (Å²) < 4.78 is 4.90. The van der Waals surface area contributed by atoms with Crippen molar-refractivity contribution in [2.75, 3.05) is 0 Å². The third-order valence-corrected chi connectivity index (χ3v) is 3.26. The topological polar surface area (TPSA) is 92.2 Å². The average molecular weight is 274 g/mol. The Balaban J connectivity index is 1.65. The number of rotatable bonds is 5. The summed E-state index contributed by atoms with van der Waals surface area (Å²) in [5.41, 5.74) is 1.35. The lowest BCUT2D eigenvalue weighted by molar-refractivity contribution is -0.121. The molecule has 1 heterocycles. The van der Waals surface area contributed by atoms with Crippen molar-refractivity contribution in [1.82, 2.24) is 10.3 Å². The molecular weight excluding hydrogens is 260 g/mol. The molecule has 1 fully saturated rings. The molecule has 1 saturated carbocycles. The Morgan fingerprint density at radius 3 is 2.85 bits per heavy atom. The molecular formula is C14H14N2O4. The van der Waals surface area contributed by atoms with E-state index in [4.69, 9.17) is 4.42 Å². The molecule has 104 valence electrons. The van der Waals surface area contributed by atoms with Crippen molar-refractivity contribution in [1.29, 1.82) is 0 Å². The minimum Gasteiger partial charge on any atom is -0.408 e. The summed E-state index contributed by atoms with van der Waals surface area (Å²) in [6.07, 6.45) is 2.40. The molecule has 0 bridgehead atoms. The van der Waals surface area contributed by atoms with Crippen molar-refractivity contribution in [3.8, 4) is 0 Å². The van der Waals surface area contributed by atoms with Crippen LogP contribution in [0.5, 0.6) is 0 Å². The quantitative estimate of drug-likeness (QED) is 0.805. The number of oxazole rings is 1. The summed E-state index contributed by atoms with van der Waals surface area (Å²) in [5.74, 6) is -0.773. The first-order valence-electron chi connectivity index (χ1n) is 6.57. The van der Waals surface area contributed by atoms with Gasteiger partial charge in [0.25, 0.3) is 0 Å². The first-order chi connectivity index (χ1) is 9.61. The van der Waals surface area contributed by atoms with Crippen LogP contribution in [0.15, 0.2) is 27.4 Å². The van der Waals surface area contributed by atoms with Gasteiger partial charge in [-0.25, -0.2) is 4.79 Å². The summed E-state index contributed by atoms with van der Waals surface area (Å²) in [6, 6.07) is 5.07. The molecule has 0 spiro atoms. The molecule has 0 radical (unpaired) electrons. The Hall–Kier alpha value is -2.37. The van der Waals surface area contributed by atoms with Crippen LogP contribution in [0, 0.1) is 0 Å². The second kappa shape index (κ2) is 4.96. The standard InChI is InChI=1S/C14H14N2O4/c17-11(5-6-13(18)15-9-2-3-9)8-1-4-10-12(7-8)20-14(19)16-10/h1,4,7,9H,2-3,5-6H2,(H,15,18)(H,16,19). The maximum absolute atomic E-state index is 12.0. The van der Waals surface area contributed by atoms with Crippen LogP contribution < -0.4 is 11.1 Å². The van der Waals surface area contributed by atoms with Crippen LogP contribution in [0.3, 0.4) is 0 Å². The first kappa shape index (κ1) is 12.7. The van der Waals surface area contributed by atoms with Gasteiger partial charge < -0.3 is 9.73 Å². The van der Waals surface area contributed by atoms with Gasteiger partial charge in [0.15, 0.2) is 11.4 Å². The lowest BCUT2D eigenvalue weighted by Crippen LogP contribution is -2.25. The Bertz CT molecular complexity index is 724. The molecule has 1 amide bonds. The molecule has 2 N–H and O–H groups in total. The summed E-state index contributed by atoms with van der Waals surface area (Å²) in [6.45, 7) is 0. The van der Waals surface area contributed by atoms with E-state index in [1.165, 1.54) is 6.07 Å². The van der Waals surface area contributed by atoms with E-state index >= 15 is 0 Å². The van der Waals surface area contributed by atoms with Crippen molar-refractivity contribution in [2.24, 2.45) is 0 Å². The molecule has 2 aromatic rings. The van der Waals surface area contributed by atoms with Gasteiger partial charge in [-0.05, 0) is 31.0 Å². The van der Waals surface area contributed by atoms with E-state index in [0.29, 0.717) is 22.7 Å². The monoisotopic (exact) mass is 274 g/mol. The predicted octanol–water partition coefficient (Wildman–Crippen LogP) is 1.36. The van der Waals surface area contributed by atoms with Crippen LogP contribution in [0.25, 0.3) is 11.1 Å². The zero-order valence-corrected chi connectivity index (χ0v) is 10.8. The normalized spacial score (nSPS) is 14.4. The molecule has 1 aromatic heterocycles. The Morgan fingerprint density at radius 1 is 1.30 bits per heavy atom. The van der Waals surface area contributed by atoms with Crippen molar-refractivity contribution < 1.29 is 14.0 Å². The fraction of sp³-hybridized carbons (Fsp3) is 0.357. The number of carbonyl (C=O) groups is 2. The van der Waals surface area contributed by atoms with E-state index in [1.807, 2.05) is 0 Å². The smallest absolute Gasteiger partial charge is 0.408 e. The molecule has 3 rings (SSSR count). The fourth-order valence-corrected chi connectivity index (χ4v) is 2.02. The Kier molecular flexibility index (Phi) is 3.14. The highest BCUT2D eigenvalue weighted by atomic mass is 16.4. The van der Waals surface area contributed by atoms with Crippen molar-refractivity contribution in [2.45, 2.75) is 31.7 Å². The minimum absolute atomic E-state index is 0.0879. The summed E-state index contributed by atoms with van der Waals surface area (Å²) >= 11 is 0. The van der Waals surface area contributed by atoms with Crippen LogP contribution in [-0.2, 0) is 4.79 Å². The molecule has 0 atom stereocenters. The van der Waals surface area contributed by atoms with Gasteiger partial charge in [0.05, 0.1) is 5.52 Å². The Labute approximate surface area is 114 Å². The lowest BCUT2D eigenvalue weighted by Gasteiger charge is -2.03. The van der Waals surface area contributed by atoms with Gasteiger partial charge in [0.1, 0.15) is 0 Å². The van der Waals surface area contributed by atoms with E-state index in [2.05, 4.69) is 10.3 Å². The van der Waals surface area contributed by atoms with Crippen LogP contribution in [0.1, 0.15) is 36.0 Å². The molecule has 1 aromatic carbocycles. The van der Waals surface area contributed by atoms with Gasteiger partial charge >= 0.3 is 5.76 Å². The van der Waals surface area contributed by atoms with Gasteiger partial charge in [-0.15, -0.1) is 0 Å². The number of amides is 1. The molecule has 1 aliphatic rings. The number of Topliss-reactive ketones (excluding diaryl/α,β-unsaturated/α-hetero) is 1. The van der Waals surface area contributed by atoms with Crippen LogP contribution >= 0.6 is 0 Å². The van der Waals surface area contributed by atoms with Crippen LogP contribution in [-0.4, -0.2) is 22.7 Å². The van der Waals surface area contributed by atoms with Crippen molar-refractivity contribution >= 4 is 22.8 Å². The van der Waals surface area contributed by atoms with E-state index in [0.717, 1.165) is 12.8 Å². The summed E-state index contributed by atoms with van der Waals surface area (Å²) in [4.78, 5) is 37.0. The second-order valence-corrected chi connectivity index (χ2v) is 4.99. The van der Waals surface area contributed by atoms with E-state index in [1.54, 1.807) is 12.1 Å². The third-order valence-electron chi connectivity index (χ3n) is 3.26. The van der Waals surface area contributed by atoms with Gasteiger partial charge in [-0.3, -0.25) is 14.6 Å². The lowest BCUT2D eigenvalue weighted by atomic mass is 10.1. The molecule has 1 aliphatic carbocycles. The second-order valence-electron chi connectivity index (χ2n) is 4.99. The molecule has 20 heavy (non-hydrogen) atoms. The average Bonchev–Trinajstić information content (AvgIpc) is 3.14. The van der Waals surface area contributed by atoms with Crippen LogP contribution in [0.4, 0.5) is 0 Å². The number of benzene rings is 1. The van der Waals surface area contributed by atoms with Crippen molar-refractivity contribution in [3.63, 3.8) is 0 Å². The number of hydrogen-bond donors (Lipinski definition) is 2. The predicted molar refractivity (Wildman–Crippen MR) is 71.6 cm³/mol. The molecule has 6 nitrogen and oxygen atoms in total. The Morgan fingerprint density at radius 2 is 2.10 bits per heavy atom.